The lowest BCUT2D eigenvalue weighted by molar-refractivity contribution is 0.622. The largest absolute Gasteiger partial charge is 0.343 e. The highest BCUT2D eigenvalue weighted by atomic mass is 15.1. The summed E-state index contributed by atoms with van der Waals surface area (Å²) in [6, 6.07) is 9.96. The minimum atomic E-state index is 0.341. The first-order valence-electron chi connectivity index (χ1n) is 8.18. The molecular formula is C19H18N6. The summed E-state index contributed by atoms with van der Waals surface area (Å²) in [6.07, 6.45) is 9.32. The third kappa shape index (κ3) is 2.94. The van der Waals surface area contributed by atoms with Crippen LogP contribution in [0.15, 0.2) is 61.3 Å². The Morgan fingerprint density at radius 3 is 2.72 bits per heavy atom. The molecule has 0 radical (unpaired) electrons. The van der Waals surface area contributed by atoms with Gasteiger partial charge in [-0.2, -0.15) is 0 Å². The molecular weight excluding hydrogens is 312 g/mol. The molecule has 6 heteroatoms. The van der Waals surface area contributed by atoms with Crippen LogP contribution in [0.3, 0.4) is 0 Å². The molecule has 6 nitrogen and oxygen atoms in total. The third-order valence-corrected chi connectivity index (χ3v) is 4.03. The van der Waals surface area contributed by atoms with Crippen LogP contribution in [0, 0.1) is 0 Å². The van der Waals surface area contributed by atoms with E-state index in [4.69, 9.17) is 0 Å². The van der Waals surface area contributed by atoms with Crippen LogP contribution in [-0.4, -0.2) is 24.5 Å². The average Bonchev–Trinajstić information content (AvgIpc) is 3.03. The van der Waals surface area contributed by atoms with Gasteiger partial charge in [-0.1, -0.05) is 6.07 Å². The summed E-state index contributed by atoms with van der Waals surface area (Å²) in [6.45, 7) is 4.31. The van der Waals surface area contributed by atoms with E-state index >= 15 is 0 Å². The van der Waals surface area contributed by atoms with Gasteiger partial charge in [-0.15, -0.1) is 0 Å². The highest BCUT2D eigenvalue weighted by Crippen LogP contribution is 2.31. The van der Waals surface area contributed by atoms with E-state index in [1.54, 1.807) is 12.4 Å². The zero-order chi connectivity index (χ0) is 17.2. The van der Waals surface area contributed by atoms with Gasteiger partial charge in [0.25, 0.3) is 0 Å². The summed E-state index contributed by atoms with van der Waals surface area (Å²) in [4.78, 5) is 17.5. The van der Waals surface area contributed by atoms with E-state index in [1.165, 1.54) is 0 Å². The second kappa shape index (κ2) is 6.32. The molecule has 0 aliphatic carbocycles. The molecule has 0 fully saturated rings. The van der Waals surface area contributed by atoms with Crippen LogP contribution in [0.25, 0.3) is 22.2 Å². The first kappa shape index (κ1) is 15.3. The Balaban J connectivity index is 1.78. The molecule has 4 rings (SSSR count). The third-order valence-electron chi connectivity index (χ3n) is 4.03. The van der Waals surface area contributed by atoms with Gasteiger partial charge in [0.15, 0.2) is 0 Å². The molecule has 4 heterocycles. The molecule has 0 bridgehead atoms. The fourth-order valence-electron chi connectivity index (χ4n) is 2.85. The van der Waals surface area contributed by atoms with Gasteiger partial charge in [-0.25, -0.2) is 15.0 Å². The lowest BCUT2D eigenvalue weighted by Gasteiger charge is -2.08. The van der Waals surface area contributed by atoms with Crippen molar-refractivity contribution in [3.8, 4) is 11.3 Å². The lowest BCUT2D eigenvalue weighted by atomic mass is 10.1. The molecule has 0 unspecified atom stereocenters. The Labute approximate surface area is 145 Å². The van der Waals surface area contributed by atoms with Crippen molar-refractivity contribution in [2.24, 2.45) is 0 Å². The molecule has 0 aromatic carbocycles. The van der Waals surface area contributed by atoms with Crippen molar-refractivity contribution in [1.29, 1.82) is 0 Å². The summed E-state index contributed by atoms with van der Waals surface area (Å²) in [5.74, 6) is 1.24. The van der Waals surface area contributed by atoms with Crippen LogP contribution >= 0.6 is 0 Å². The molecule has 0 spiro atoms. The number of anilines is 2. The first-order valence-corrected chi connectivity index (χ1v) is 8.18. The van der Waals surface area contributed by atoms with Crippen molar-refractivity contribution < 1.29 is 0 Å². The van der Waals surface area contributed by atoms with E-state index in [1.807, 2.05) is 42.7 Å². The summed E-state index contributed by atoms with van der Waals surface area (Å²) in [5.41, 5.74) is 3.03. The number of nitrogens with zero attached hydrogens (tertiary/aromatic N) is 5. The van der Waals surface area contributed by atoms with Crippen molar-refractivity contribution in [3.05, 3.63) is 61.3 Å². The maximum Gasteiger partial charge on any atom is 0.228 e. The number of rotatable bonds is 4. The summed E-state index contributed by atoms with van der Waals surface area (Å²) < 4.78 is 2.21. The van der Waals surface area contributed by atoms with Gasteiger partial charge in [0, 0.05) is 41.8 Å². The Hall–Kier alpha value is -3.28. The van der Waals surface area contributed by atoms with E-state index in [-0.39, 0.29) is 0 Å². The molecule has 124 valence electrons. The molecule has 0 aliphatic heterocycles. The van der Waals surface area contributed by atoms with Gasteiger partial charge in [0.1, 0.15) is 5.82 Å². The predicted molar refractivity (Wildman–Crippen MR) is 98.7 cm³/mol. The molecule has 0 atom stereocenters. The van der Waals surface area contributed by atoms with Crippen LogP contribution in [0.4, 0.5) is 11.8 Å². The quantitative estimate of drug-likeness (QED) is 0.607. The van der Waals surface area contributed by atoms with Crippen LogP contribution in [0.5, 0.6) is 0 Å². The Morgan fingerprint density at radius 1 is 1.00 bits per heavy atom. The summed E-state index contributed by atoms with van der Waals surface area (Å²) in [5, 5.41) is 4.27. The average molecular weight is 330 g/mol. The minimum absolute atomic E-state index is 0.341. The molecule has 0 saturated heterocycles. The number of aromatic nitrogens is 5. The van der Waals surface area contributed by atoms with Crippen molar-refractivity contribution >= 4 is 22.7 Å². The van der Waals surface area contributed by atoms with Gasteiger partial charge in [0.05, 0.1) is 17.4 Å². The summed E-state index contributed by atoms with van der Waals surface area (Å²) in [7, 11) is 0. The van der Waals surface area contributed by atoms with E-state index < -0.39 is 0 Å². The van der Waals surface area contributed by atoms with Crippen molar-refractivity contribution in [2.45, 2.75) is 19.9 Å². The second-order valence-corrected chi connectivity index (χ2v) is 6.04. The Bertz CT molecular complexity index is 1010. The monoisotopic (exact) mass is 330 g/mol. The number of nitrogens with one attached hydrogen (secondary N) is 1. The summed E-state index contributed by atoms with van der Waals surface area (Å²) >= 11 is 0. The maximum absolute atomic E-state index is 4.67. The van der Waals surface area contributed by atoms with Crippen molar-refractivity contribution in [2.75, 3.05) is 5.32 Å². The Morgan fingerprint density at radius 2 is 1.92 bits per heavy atom. The molecule has 4 aromatic heterocycles. The van der Waals surface area contributed by atoms with Crippen molar-refractivity contribution in [3.63, 3.8) is 0 Å². The number of hydrogen-bond donors (Lipinski definition) is 1. The van der Waals surface area contributed by atoms with Gasteiger partial charge in [0.2, 0.25) is 5.95 Å². The normalized spacial score (nSPS) is 11.2. The van der Waals surface area contributed by atoms with Crippen LogP contribution in [-0.2, 0) is 0 Å². The molecule has 0 saturated carbocycles. The fourth-order valence-corrected chi connectivity index (χ4v) is 2.85. The van der Waals surface area contributed by atoms with E-state index in [0.717, 1.165) is 22.2 Å². The zero-order valence-electron chi connectivity index (χ0n) is 14.1. The highest BCUT2D eigenvalue weighted by molar-refractivity contribution is 5.94. The van der Waals surface area contributed by atoms with Gasteiger partial charge < -0.3 is 9.88 Å². The fraction of sp³-hybridized carbons (Fsp3) is 0.158. The van der Waals surface area contributed by atoms with Crippen LogP contribution in [0.2, 0.25) is 0 Å². The SMILES string of the molecule is CC(C)n1cc(-c2ccnc(Nc3ccccn3)n2)c2ccncc21. The minimum Gasteiger partial charge on any atom is -0.343 e. The van der Waals surface area contributed by atoms with Gasteiger partial charge in [-0.3, -0.25) is 4.98 Å². The molecule has 0 aliphatic rings. The van der Waals surface area contributed by atoms with E-state index in [0.29, 0.717) is 17.8 Å². The van der Waals surface area contributed by atoms with Gasteiger partial charge in [-0.05, 0) is 38.1 Å². The molecule has 0 amide bonds. The zero-order valence-corrected chi connectivity index (χ0v) is 14.1. The van der Waals surface area contributed by atoms with Gasteiger partial charge >= 0.3 is 0 Å². The number of hydrogen-bond acceptors (Lipinski definition) is 5. The molecule has 25 heavy (non-hydrogen) atoms. The highest BCUT2D eigenvalue weighted by Gasteiger charge is 2.13. The number of fused-ring (bicyclic) bond motifs is 1. The van der Waals surface area contributed by atoms with Crippen molar-refractivity contribution in [1.82, 2.24) is 24.5 Å². The van der Waals surface area contributed by atoms with E-state index in [2.05, 4.69) is 49.9 Å². The second-order valence-electron chi connectivity index (χ2n) is 6.04. The standard InChI is InChI=1S/C19H18N6/c1-13(2)25-12-15(14-6-9-20-11-17(14)25)16-7-10-22-19(23-16)24-18-5-3-4-8-21-18/h3-13H,1-2H3,(H,21,22,23,24). The number of pyridine rings is 2. The predicted octanol–water partition coefficient (Wildman–Crippen LogP) is 4.21. The Kier molecular flexibility index (Phi) is 3.85. The van der Waals surface area contributed by atoms with E-state index in [9.17, 15) is 0 Å². The smallest absolute Gasteiger partial charge is 0.228 e. The topological polar surface area (TPSA) is 68.5 Å². The molecule has 1 N–H and O–H groups in total. The first-order chi connectivity index (χ1) is 12.2. The van der Waals surface area contributed by atoms with Crippen LogP contribution < -0.4 is 5.32 Å². The maximum atomic E-state index is 4.67. The molecule has 4 aromatic rings. The van der Waals surface area contributed by atoms with Crippen LogP contribution in [0.1, 0.15) is 19.9 Å². The lowest BCUT2D eigenvalue weighted by Crippen LogP contribution is -1.99.